The monoisotopic (exact) mass is 279 g/mol. The molecular formula is C17H17N3O. The fourth-order valence-corrected chi connectivity index (χ4v) is 2.20. The van der Waals surface area contributed by atoms with Crippen molar-refractivity contribution in [1.29, 1.82) is 0 Å². The molecule has 2 aromatic heterocycles. The second-order valence-electron chi connectivity index (χ2n) is 4.82. The summed E-state index contributed by atoms with van der Waals surface area (Å²) < 4.78 is 5.86. The Labute approximate surface area is 123 Å². The van der Waals surface area contributed by atoms with Crippen molar-refractivity contribution >= 4 is 10.9 Å². The molecule has 4 nitrogen and oxygen atoms in total. The van der Waals surface area contributed by atoms with Crippen LogP contribution in [0.1, 0.15) is 18.2 Å². The minimum atomic E-state index is 0.477. The van der Waals surface area contributed by atoms with Gasteiger partial charge in [0, 0.05) is 36.0 Å². The number of aryl methyl sites for hydroxylation is 1. The van der Waals surface area contributed by atoms with Crippen LogP contribution < -0.4 is 10.5 Å². The number of aromatic nitrogens is 2. The first-order chi connectivity index (χ1) is 10.3. The second kappa shape index (κ2) is 5.89. The van der Waals surface area contributed by atoms with Crippen LogP contribution in [0.5, 0.6) is 11.6 Å². The topological polar surface area (TPSA) is 61.0 Å². The number of pyridine rings is 2. The molecule has 2 heterocycles. The van der Waals surface area contributed by atoms with Crippen molar-refractivity contribution in [2.24, 2.45) is 5.73 Å². The molecule has 0 bridgehead atoms. The number of benzene rings is 1. The Morgan fingerprint density at radius 3 is 2.86 bits per heavy atom. The number of nitrogens with two attached hydrogens (primary N) is 1. The summed E-state index contributed by atoms with van der Waals surface area (Å²) in [7, 11) is 0. The van der Waals surface area contributed by atoms with Crippen LogP contribution in [0.25, 0.3) is 10.9 Å². The molecule has 0 unspecified atom stereocenters. The van der Waals surface area contributed by atoms with Crippen molar-refractivity contribution in [2.45, 2.75) is 19.9 Å². The van der Waals surface area contributed by atoms with Gasteiger partial charge in [-0.1, -0.05) is 13.0 Å². The lowest BCUT2D eigenvalue weighted by Gasteiger charge is -2.09. The molecule has 0 amide bonds. The SMILES string of the molecule is CCc1cc(CN)cc(Oc2ccc3cccnc3c2)n1. The lowest BCUT2D eigenvalue weighted by Crippen LogP contribution is -2.00. The molecule has 2 N–H and O–H groups in total. The lowest BCUT2D eigenvalue weighted by molar-refractivity contribution is 0.460. The molecule has 0 fully saturated rings. The quantitative estimate of drug-likeness (QED) is 0.794. The van der Waals surface area contributed by atoms with Gasteiger partial charge in [-0.2, -0.15) is 0 Å². The fourth-order valence-electron chi connectivity index (χ4n) is 2.20. The molecule has 0 saturated heterocycles. The maximum atomic E-state index is 5.86. The van der Waals surface area contributed by atoms with Gasteiger partial charge in [0.15, 0.2) is 0 Å². The van der Waals surface area contributed by atoms with Gasteiger partial charge in [-0.3, -0.25) is 4.98 Å². The molecule has 3 rings (SSSR count). The Kier molecular flexibility index (Phi) is 3.79. The average Bonchev–Trinajstić information content (AvgIpc) is 2.54. The number of hydrogen-bond acceptors (Lipinski definition) is 4. The Morgan fingerprint density at radius 1 is 1.14 bits per heavy atom. The first-order valence-corrected chi connectivity index (χ1v) is 7.01. The molecule has 0 aliphatic rings. The number of hydrogen-bond donors (Lipinski definition) is 1. The predicted octanol–water partition coefficient (Wildman–Crippen LogP) is 3.44. The number of fused-ring (bicyclic) bond motifs is 1. The maximum absolute atomic E-state index is 5.86. The van der Waals surface area contributed by atoms with Gasteiger partial charge in [0.1, 0.15) is 5.75 Å². The highest BCUT2D eigenvalue weighted by Crippen LogP contribution is 2.24. The van der Waals surface area contributed by atoms with Crippen molar-refractivity contribution in [3.8, 4) is 11.6 Å². The van der Waals surface area contributed by atoms with Gasteiger partial charge in [-0.25, -0.2) is 4.98 Å². The van der Waals surface area contributed by atoms with Crippen LogP contribution in [0.4, 0.5) is 0 Å². The van der Waals surface area contributed by atoms with Crippen LogP contribution in [0.2, 0.25) is 0 Å². The maximum Gasteiger partial charge on any atom is 0.219 e. The Hall–Kier alpha value is -2.46. The lowest BCUT2D eigenvalue weighted by atomic mass is 10.2. The second-order valence-corrected chi connectivity index (χ2v) is 4.82. The highest BCUT2D eigenvalue weighted by Gasteiger charge is 2.05. The molecule has 106 valence electrons. The predicted molar refractivity (Wildman–Crippen MR) is 83.3 cm³/mol. The number of nitrogens with zero attached hydrogens (tertiary/aromatic N) is 2. The van der Waals surface area contributed by atoms with Gasteiger partial charge in [0.2, 0.25) is 5.88 Å². The molecule has 0 aliphatic carbocycles. The first kappa shape index (κ1) is 13.5. The molecule has 0 spiro atoms. The Balaban J connectivity index is 1.94. The third-order valence-corrected chi connectivity index (χ3v) is 3.31. The van der Waals surface area contributed by atoms with E-state index in [-0.39, 0.29) is 0 Å². The van der Waals surface area contributed by atoms with Crippen molar-refractivity contribution in [1.82, 2.24) is 9.97 Å². The molecular weight excluding hydrogens is 262 g/mol. The van der Waals surface area contributed by atoms with Gasteiger partial charge in [-0.05, 0) is 36.2 Å². The van der Waals surface area contributed by atoms with E-state index in [1.165, 1.54) is 0 Å². The summed E-state index contributed by atoms with van der Waals surface area (Å²) in [5.41, 5.74) is 8.62. The van der Waals surface area contributed by atoms with Crippen LogP contribution >= 0.6 is 0 Å². The van der Waals surface area contributed by atoms with E-state index in [0.717, 1.165) is 34.3 Å². The molecule has 4 heteroatoms. The fraction of sp³-hybridized carbons (Fsp3) is 0.176. The van der Waals surface area contributed by atoms with Gasteiger partial charge >= 0.3 is 0 Å². The van der Waals surface area contributed by atoms with E-state index in [1.807, 2.05) is 42.5 Å². The van der Waals surface area contributed by atoms with Crippen LogP contribution in [0, 0.1) is 0 Å². The Morgan fingerprint density at radius 2 is 2.05 bits per heavy atom. The van der Waals surface area contributed by atoms with Crippen molar-refractivity contribution in [3.63, 3.8) is 0 Å². The number of rotatable bonds is 4. The normalized spacial score (nSPS) is 10.8. The molecule has 1 aromatic carbocycles. The summed E-state index contributed by atoms with van der Waals surface area (Å²) in [4.78, 5) is 8.81. The summed E-state index contributed by atoms with van der Waals surface area (Å²) in [5, 5.41) is 1.09. The standard InChI is InChI=1S/C17H17N3O/c1-2-14-8-12(11-18)9-17(20-14)21-15-6-5-13-4-3-7-19-16(13)10-15/h3-10H,2,11,18H2,1H3. The summed E-state index contributed by atoms with van der Waals surface area (Å²) in [5.74, 6) is 1.30. The third kappa shape index (κ3) is 3.01. The smallest absolute Gasteiger partial charge is 0.219 e. The zero-order valence-corrected chi connectivity index (χ0v) is 11.9. The minimum absolute atomic E-state index is 0.477. The van der Waals surface area contributed by atoms with E-state index < -0.39 is 0 Å². The van der Waals surface area contributed by atoms with E-state index in [2.05, 4.69) is 16.9 Å². The van der Waals surface area contributed by atoms with E-state index in [9.17, 15) is 0 Å². The van der Waals surface area contributed by atoms with E-state index in [0.29, 0.717) is 12.4 Å². The van der Waals surface area contributed by atoms with Crippen molar-refractivity contribution in [2.75, 3.05) is 0 Å². The molecule has 0 atom stereocenters. The van der Waals surface area contributed by atoms with Gasteiger partial charge in [0.25, 0.3) is 0 Å². The summed E-state index contributed by atoms with van der Waals surface area (Å²) >= 11 is 0. The van der Waals surface area contributed by atoms with E-state index in [1.54, 1.807) is 6.20 Å². The molecule has 21 heavy (non-hydrogen) atoms. The zero-order valence-electron chi connectivity index (χ0n) is 11.9. The van der Waals surface area contributed by atoms with Crippen LogP contribution in [0.3, 0.4) is 0 Å². The van der Waals surface area contributed by atoms with Crippen molar-refractivity contribution in [3.05, 3.63) is 59.9 Å². The first-order valence-electron chi connectivity index (χ1n) is 7.01. The van der Waals surface area contributed by atoms with E-state index in [4.69, 9.17) is 10.5 Å². The van der Waals surface area contributed by atoms with Gasteiger partial charge in [0.05, 0.1) is 5.52 Å². The minimum Gasteiger partial charge on any atom is -0.439 e. The molecule has 0 aliphatic heterocycles. The summed E-state index contributed by atoms with van der Waals surface area (Å²) in [6, 6.07) is 13.7. The van der Waals surface area contributed by atoms with Gasteiger partial charge in [-0.15, -0.1) is 0 Å². The Bertz CT molecular complexity index is 749. The van der Waals surface area contributed by atoms with Crippen molar-refractivity contribution < 1.29 is 4.74 Å². The molecule has 3 aromatic rings. The van der Waals surface area contributed by atoms with Crippen LogP contribution in [0.15, 0.2) is 48.7 Å². The van der Waals surface area contributed by atoms with Crippen LogP contribution in [-0.2, 0) is 13.0 Å². The molecule has 0 saturated carbocycles. The number of ether oxygens (including phenoxy) is 1. The van der Waals surface area contributed by atoms with E-state index >= 15 is 0 Å². The largest absolute Gasteiger partial charge is 0.439 e. The highest BCUT2D eigenvalue weighted by atomic mass is 16.5. The summed E-state index contributed by atoms with van der Waals surface area (Å²) in [6.07, 6.45) is 2.62. The molecule has 0 radical (unpaired) electrons. The van der Waals surface area contributed by atoms with Gasteiger partial charge < -0.3 is 10.5 Å². The zero-order chi connectivity index (χ0) is 14.7. The summed E-state index contributed by atoms with van der Waals surface area (Å²) in [6.45, 7) is 2.54. The van der Waals surface area contributed by atoms with Crippen LogP contribution in [-0.4, -0.2) is 9.97 Å². The average molecular weight is 279 g/mol. The third-order valence-electron chi connectivity index (χ3n) is 3.31. The highest BCUT2D eigenvalue weighted by molar-refractivity contribution is 5.79.